The van der Waals surface area contributed by atoms with Crippen molar-refractivity contribution in [3.63, 3.8) is 0 Å². The van der Waals surface area contributed by atoms with Crippen LogP contribution in [0, 0.1) is 6.92 Å². The summed E-state index contributed by atoms with van der Waals surface area (Å²) in [6.45, 7) is 6.85. The summed E-state index contributed by atoms with van der Waals surface area (Å²) in [5, 5.41) is 0.816. The zero-order valence-electron chi connectivity index (χ0n) is 13.0. The lowest BCUT2D eigenvalue weighted by atomic mass is 10.1. The van der Waals surface area contributed by atoms with Crippen LogP contribution in [-0.2, 0) is 10.2 Å². The fourth-order valence-electron chi connectivity index (χ4n) is 2.11. The molecule has 6 nitrogen and oxygen atoms in total. The molecule has 0 radical (unpaired) electrons. The third-order valence-corrected chi connectivity index (χ3v) is 4.29. The van der Waals surface area contributed by atoms with Crippen molar-refractivity contribution >= 4 is 27.0 Å². The minimum absolute atomic E-state index is 0.234. The second-order valence-electron chi connectivity index (χ2n) is 6.10. The lowest BCUT2D eigenvalue weighted by molar-refractivity contribution is 0.0980. The van der Waals surface area contributed by atoms with Crippen LogP contribution in [0.25, 0.3) is 10.9 Å². The third kappa shape index (κ3) is 3.80. The van der Waals surface area contributed by atoms with E-state index in [0.29, 0.717) is 5.56 Å². The van der Waals surface area contributed by atoms with Gasteiger partial charge in [0, 0.05) is 17.1 Å². The Kier molecular flexibility index (Phi) is 4.21. The second-order valence-corrected chi connectivity index (χ2v) is 7.52. The number of benzene rings is 1. The summed E-state index contributed by atoms with van der Waals surface area (Å²) in [6, 6.07) is 7.38. The molecule has 0 saturated carbocycles. The smallest absolute Gasteiger partial charge is 0.268 e. The summed E-state index contributed by atoms with van der Waals surface area (Å²) in [5.74, 6) is -0.701. The molecule has 0 bridgehead atoms. The fourth-order valence-corrected chi connectivity index (χ4v) is 3.33. The molecule has 0 aliphatic carbocycles. The van der Waals surface area contributed by atoms with Crippen molar-refractivity contribution in [1.82, 2.24) is 14.4 Å². The van der Waals surface area contributed by atoms with Gasteiger partial charge in [0.25, 0.3) is 5.91 Å². The van der Waals surface area contributed by atoms with E-state index in [1.54, 1.807) is 27.7 Å². The van der Waals surface area contributed by atoms with E-state index in [1.165, 1.54) is 6.20 Å². The van der Waals surface area contributed by atoms with Gasteiger partial charge in [-0.1, -0.05) is 18.2 Å². The number of nitrogens with zero attached hydrogens (tertiary/aromatic N) is 1. The number of rotatable bonds is 3. The predicted molar refractivity (Wildman–Crippen MR) is 85.8 cm³/mol. The van der Waals surface area contributed by atoms with E-state index in [4.69, 9.17) is 0 Å². The van der Waals surface area contributed by atoms with Crippen molar-refractivity contribution in [3.05, 3.63) is 41.6 Å². The largest absolute Gasteiger partial charge is 0.302 e. The number of hydrogen-bond acceptors (Lipinski definition) is 4. The van der Waals surface area contributed by atoms with E-state index < -0.39 is 21.7 Å². The highest BCUT2D eigenvalue weighted by atomic mass is 32.2. The van der Waals surface area contributed by atoms with Crippen molar-refractivity contribution in [2.75, 3.05) is 0 Å². The summed E-state index contributed by atoms with van der Waals surface area (Å²) in [7, 11) is -3.93. The highest BCUT2D eigenvalue weighted by Crippen LogP contribution is 2.19. The first-order valence-electron chi connectivity index (χ1n) is 6.79. The molecule has 0 atom stereocenters. The van der Waals surface area contributed by atoms with E-state index in [9.17, 15) is 13.2 Å². The number of carbonyl (C=O) groups excluding carboxylic acids is 1. The third-order valence-electron chi connectivity index (χ3n) is 2.96. The number of fused-ring (bicyclic) bond motifs is 1. The van der Waals surface area contributed by atoms with Gasteiger partial charge in [0.05, 0.1) is 11.1 Å². The second kappa shape index (κ2) is 5.66. The highest BCUT2D eigenvalue weighted by molar-refractivity contribution is 7.88. The summed E-state index contributed by atoms with van der Waals surface area (Å²) >= 11 is 0. The molecule has 0 saturated heterocycles. The zero-order valence-corrected chi connectivity index (χ0v) is 13.8. The Balaban J connectivity index is 2.33. The first-order valence-corrected chi connectivity index (χ1v) is 8.28. The fraction of sp³-hybridized carbons (Fsp3) is 0.333. The number of aromatic nitrogens is 1. The van der Waals surface area contributed by atoms with Crippen molar-refractivity contribution in [3.8, 4) is 0 Å². The molecule has 22 heavy (non-hydrogen) atoms. The molecule has 2 aromatic rings. The number of carbonyl (C=O) groups is 1. The first-order chi connectivity index (χ1) is 10.1. The van der Waals surface area contributed by atoms with Gasteiger partial charge in [0.2, 0.25) is 0 Å². The van der Waals surface area contributed by atoms with Gasteiger partial charge in [-0.25, -0.2) is 4.72 Å². The number of hydrogen-bond donors (Lipinski definition) is 2. The maximum absolute atomic E-state index is 12.2. The predicted octanol–water partition coefficient (Wildman–Crippen LogP) is 1.91. The molecule has 1 amide bonds. The molecular formula is C15H19N3O3S. The highest BCUT2D eigenvalue weighted by Gasteiger charge is 2.23. The monoisotopic (exact) mass is 321 g/mol. The molecule has 0 unspecified atom stereocenters. The van der Waals surface area contributed by atoms with Crippen LogP contribution in [0.4, 0.5) is 0 Å². The summed E-state index contributed by atoms with van der Waals surface area (Å²) in [4.78, 5) is 16.4. The Hall–Kier alpha value is -1.99. The molecule has 0 aliphatic rings. The van der Waals surface area contributed by atoms with Crippen molar-refractivity contribution in [2.24, 2.45) is 0 Å². The molecular weight excluding hydrogens is 302 g/mol. The molecule has 1 aromatic heterocycles. The van der Waals surface area contributed by atoms with Crippen LogP contribution in [-0.4, -0.2) is 24.8 Å². The van der Waals surface area contributed by atoms with Gasteiger partial charge in [-0.2, -0.15) is 13.1 Å². The van der Waals surface area contributed by atoms with Crippen LogP contribution in [0.2, 0.25) is 0 Å². The SMILES string of the molecule is Cc1c(C(=O)NS(=O)(=O)NC(C)(C)C)cnc2ccccc12. The Morgan fingerprint density at radius 2 is 1.82 bits per heavy atom. The van der Waals surface area contributed by atoms with Gasteiger partial charge < -0.3 is 0 Å². The maximum Gasteiger partial charge on any atom is 0.302 e. The van der Waals surface area contributed by atoms with Gasteiger partial charge in [-0.3, -0.25) is 9.78 Å². The topological polar surface area (TPSA) is 88.2 Å². The molecule has 1 heterocycles. The Morgan fingerprint density at radius 3 is 2.45 bits per heavy atom. The molecule has 0 aliphatic heterocycles. The van der Waals surface area contributed by atoms with Crippen LogP contribution in [0.5, 0.6) is 0 Å². The van der Waals surface area contributed by atoms with Crippen LogP contribution < -0.4 is 9.44 Å². The maximum atomic E-state index is 12.2. The van der Waals surface area contributed by atoms with Crippen LogP contribution >= 0.6 is 0 Å². The average molecular weight is 321 g/mol. The standard InChI is InChI=1S/C15H19N3O3S/c1-10-11-7-5-6-8-13(11)16-9-12(10)14(19)17-22(20,21)18-15(2,3)4/h5-9,18H,1-4H3,(H,17,19). The number of nitrogens with one attached hydrogen (secondary N) is 2. The van der Waals surface area contributed by atoms with E-state index in [2.05, 4.69) is 9.71 Å². The summed E-state index contributed by atoms with van der Waals surface area (Å²) in [6.07, 6.45) is 1.39. The van der Waals surface area contributed by atoms with Crippen LogP contribution in [0.15, 0.2) is 30.5 Å². The van der Waals surface area contributed by atoms with E-state index in [0.717, 1.165) is 10.9 Å². The number of amides is 1. The van der Waals surface area contributed by atoms with Gasteiger partial charge in [-0.15, -0.1) is 0 Å². The average Bonchev–Trinajstić information content (AvgIpc) is 2.35. The van der Waals surface area contributed by atoms with Gasteiger partial charge >= 0.3 is 10.2 Å². The van der Waals surface area contributed by atoms with Gasteiger partial charge in [0.15, 0.2) is 0 Å². The quantitative estimate of drug-likeness (QED) is 0.904. The molecule has 118 valence electrons. The minimum Gasteiger partial charge on any atom is -0.268 e. The Labute approximate surface area is 130 Å². The molecule has 2 rings (SSSR count). The number of aryl methyl sites for hydroxylation is 1. The van der Waals surface area contributed by atoms with E-state index >= 15 is 0 Å². The van der Waals surface area contributed by atoms with E-state index in [-0.39, 0.29) is 5.56 Å². The molecule has 0 fully saturated rings. The zero-order chi connectivity index (χ0) is 16.5. The van der Waals surface area contributed by atoms with Gasteiger partial charge in [0.1, 0.15) is 0 Å². The molecule has 1 aromatic carbocycles. The Bertz CT molecular complexity index is 824. The molecule has 2 N–H and O–H groups in total. The summed E-state index contributed by atoms with van der Waals surface area (Å²) in [5.41, 5.74) is 1.00. The molecule has 7 heteroatoms. The van der Waals surface area contributed by atoms with E-state index in [1.807, 2.05) is 29.0 Å². The lowest BCUT2D eigenvalue weighted by Gasteiger charge is -2.20. The first kappa shape index (κ1) is 16.4. The molecule has 0 spiro atoms. The van der Waals surface area contributed by atoms with Crippen molar-refractivity contribution < 1.29 is 13.2 Å². The Morgan fingerprint density at radius 1 is 1.18 bits per heavy atom. The lowest BCUT2D eigenvalue weighted by Crippen LogP contribution is -2.48. The number of para-hydroxylation sites is 1. The van der Waals surface area contributed by atoms with Gasteiger partial charge in [-0.05, 0) is 39.3 Å². The minimum atomic E-state index is -3.93. The number of pyridine rings is 1. The summed E-state index contributed by atoms with van der Waals surface area (Å²) < 4.78 is 28.3. The van der Waals surface area contributed by atoms with Crippen molar-refractivity contribution in [1.29, 1.82) is 0 Å². The normalized spacial score (nSPS) is 12.4. The van der Waals surface area contributed by atoms with Crippen LogP contribution in [0.1, 0.15) is 36.7 Å². The van der Waals surface area contributed by atoms with Crippen molar-refractivity contribution in [2.45, 2.75) is 33.2 Å². The van der Waals surface area contributed by atoms with Crippen LogP contribution in [0.3, 0.4) is 0 Å².